The maximum atomic E-state index is 13.8. The fourth-order valence-corrected chi connectivity index (χ4v) is 8.62. The van der Waals surface area contributed by atoms with Crippen LogP contribution in [0.3, 0.4) is 0 Å². The van der Waals surface area contributed by atoms with Gasteiger partial charge in [0, 0.05) is 18.3 Å². The van der Waals surface area contributed by atoms with E-state index in [1.165, 1.54) is 0 Å². The number of nitrogens with zero attached hydrogens (tertiary/aromatic N) is 1. The van der Waals surface area contributed by atoms with Gasteiger partial charge in [-0.2, -0.15) is 0 Å². The van der Waals surface area contributed by atoms with Crippen LogP contribution >= 0.6 is 11.8 Å². The summed E-state index contributed by atoms with van der Waals surface area (Å²) in [5.41, 5.74) is 1.01. The molecule has 1 aromatic rings. The third kappa shape index (κ3) is 4.13. The van der Waals surface area contributed by atoms with Gasteiger partial charge in [0.05, 0.1) is 29.2 Å². The van der Waals surface area contributed by atoms with Gasteiger partial charge in [-0.1, -0.05) is 57.0 Å². The molecule has 3 aliphatic heterocycles. The smallest absolute Gasteiger partial charge is 0.244 e. The number of aliphatic hydroxyl groups excluding tert-OH is 1. The summed E-state index contributed by atoms with van der Waals surface area (Å²) in [5.74, 6) is -1.34. The fourth-order valence-electron chi connectivity index (χ4n) is 6.21. The molecule has 186 valence electrons. The van der Waals surface area contributed by atoms with Crippen LogP contribution in [0.15, 0.2) is 30.3 Å². The number of hydrogen-bond acceptors (Lipinski definition) is 5. The lowest BCUT2D eigenvalue weighted by Gasteiger charge is -2.39. The highest BCUT2D eigenvalue weighted by Gasteiger charge is 2.76. The molecule has 1 aromatic carbocycles. The van der Waals surface area contributed by atoms with Gasteiger partial charge >= 0.3 is 0 Å². The zero-order valence-corrected chi connectivity index (χ0v) is 21.1. The van der Waals surface area contributed by atoms with E-state index >= 15 is 0 Å². The lowest BCUT2D eigenvalue weighted by atomic mass is 9.66. The Balaban J connectivity index is 1.60. The van der Waals surface area contributed by atoms with Gasteiger partial charge in [-0.05, 0) is 31.2 Å². The summed E-state index contributed by atoms with van der Waals surface area (Å²) < 4.78 is -0.644. The molecule has 3 aliphatic rings. The van der Waals surface area contributed by atoms with Gasteiger partial charge in [-0.15, -0.1) is 11.8 Å². The Morgan fingerprint density at radius 3 is 2.62 bits per heavy atom. The largest absolute Gasteiger partial charge is 0.394 e. The summed E-state index contributed by atoms with van der Waals surface area (Å²) in [7, 11) is 0. The zero-order chi connectivity index (χ0) is 24.5. The van der Waals surface area contributed by atoms with Crippen LogP contribution in [-0.2, 0) is 20.9 Å². The number of carbonyl (C=O) groups is 3. The summed E-state index contributed by atoms with van der Waals surface area (Å²) >= 11 is 1.67. The van der Waals surface area contributed by atoms with Crippen molar-refractivity contribution in [3.8, 4) is 0 Å². The van der Waals surface area contributed by atoms with Crippen LogP contribution in [0.2, 0.25) is 0 Å². The van der Waals surface area contributed by atoms with Crippen molar-refractivity contribution in [3.05, 3.63) is 35.9 Å². The molecular formula is C26H37N3O4S. The molecule has 34 heavy (non-hydrogen) atoms. The number of rotatable bonds is 10. The second-order valence-electron chi connectivity index (χ2n) is 10.0. The highest BCUT2D eigenvalue weighted by Crippen LogP contribution is 2.68. The first-order valence-electron chi connectivity index (χ1n) is 12.6. The molecule has 1 spiro atoms. The van der Waals surface area contributed by atoms with Gasteiger partial charge in [0.1, 0.15) is 6.04 Å². The molecule has 0 aliphatic carbocycles. The molecule has 3 saturated heterocycles. The van der Waals surface area contributed by atoms with E-state index in [9.17, 15) is 19.5 Å². The molecule has 3 heterocycles. The van der Waals surface area contributed by atoms with Crippen molar-refractivity contribution in [2.24, 2.45) is 17.8 Å². The van der Waals surface area contributed by atoms with Crippen molar-refractivity contribution in [3.63, 3.8) is 0 Å². The molecule has 4 rings (SSSR count). The first kappa shape index (κ1) is 25.0. The Labute approximate surface area is 206 Å². The molecular weight excluding hydrogens is 450 g/mol. The predicted octanol–water partition coefficient (Wildman–Crippen LogP) is 2.33. The van der Waals surface area contributed by atoms with E-state index in [2.05, 4.69) is 24.5 Å². The second kappa shape index (κ2) is 10.3. The van der Waals surface area contributed by atoms with Gasteiger partial charge in [0.15, 0.2) is 0 Å². The Morgan fingerprint density at radius 2 is 1.94 bits per heavy atom. The minimum Gasteiger partial charge on any atom is -0.394 e. The van der Waals surface area contributed by atoms with Crippen LogP contribution in [0, 0.1) is 17.8 Å². The number of aliphatic hydroxyl groups is 1. The number of fused-ring (bicyclic) bond motifs is 1. The maximum absolute atomic E-state index is 13.8. The standard InChI is InChI=1S/C26H37N3O4S/c1-4-5-9-12-27-24(32)22-26-16(2)13-19(34-26)20(21(26)25(33)29(22)17(3)15-30)23(31)28-14-18-10-7-6-8-11-18/h6-8,10-11,16-17,19-22,30H,4-5,9,12-15H2,1-3H3,(H,27,32)(H,28,31)/t16?,17-,19+,20-,21+,22?,26?/m1/s1. The molecule has 7 nitrogen and oxygen atoms in total. The van der Waals surface area contributed by atoms with Crippen LogP contribution in [-0.4, -0.2) is 63.0 Å². The van der Waals surface area contributed by atoms with E-state index in [0.29, 0.717) is 13.1 Å². The van der Waals surface area contributed by atoms with E-state index in [1.807, 2.05) is 30.3 Å². The number of likely N-dealkylation sites (tertiary alicyclic amines) is 1. The number of thioether (sulfide) groups is 1. The van der Waals surface area contributed by atoms with Crippen LogP contribution in [0.1, 0.15) is 52.0 Å². The summed E-state index contributed by atoms with van der Waals surface area (Å²) in [6, 6.07) is 8.57. The SMILES string of the molecule is CCCCCNC(=O)C1N([C@H](C)CO)C(=O)[C@@H]2[C@H](C(=O)NCc3ccccc3)[C@@H]3CC(C)C12S3. The van der Waals surface area contributed by atoms with Crippen molar-refractivity contribution in [2.75, 3.05) is 13.2 Å². The van der Waals surface area contributed by atoms with Crippen LogP contribution in [0.25, 0.3) is 0 Å². The maximum Gasteiger partial charge on any atom is 0.244 e. The molecule has 0 radical (unpaired) electrons. The average molecular weight is 488 g/mol. The highest BCUT2D eigenvalue weighted by molar-refractivity contribution is 8.02. The summed E-state index contributed by atoms with van der Waals surface area (Å²) in [6.45, 7) is 6.76. The van der Waals surface area contributed by atoms with Crippen molar-refractivity contribution >= 4 is 29.5 Å². The highest BCUT2D eigenvalue weighted by atomic mass is 32.2. The average Bonchev–Trinajstić information content (AvgIpc) is 3.44. The Morgan fingerprint density at radius 1 is 1.21 bits per heavy atom. The molecule has 3 unspecified atom stereocenters. The Bertz CT molecular complexity index is 913. The van der Waals surface area contributed by atoms with Crippen molar-refractivity contribution in [1.82, 2.24) is 15.5 Å². The van der Waals surface area contributed by atoms with E-state index in [0.717, 1.165) is 31.2 Å². The number of unbranched alkanes of at least 4 members (excludes halogenated alkanes) is 2. The van der Waals surface area contributed by atoms with E-state index in [4.69, 9.17) is 0 Å². The van der Waals surface area contributed by atoms with Gasteiger partial charge in [-0.25, -0.2) is 0 Å². The summed E-state index contributed by atoms with van der Waals surface area (Å²) in [4.78, 5) is 42.4. The molecule has 7 atom stereocenters. The third-order valence-corrected chi connectivity index (χ3v) is 9.94. The van der Waals surface area contributed by atoms with Crippen molar-refractivity contribution in [1.29, 1.82) is 0 Å². The monoisotopic (exact) mass is 487 g/mol. The van der Waals surface area contributed by atoms with Gasteiger partial charge < -0.3 is 20.6 Å². The number of carbonyl (C=O) groups excluding carboxylic acids is 3. The summed E-state index contributed by atoms with van der Waals surface area (Å²) in [5, 5.41) is 16.1. The first-order chi connectivity index (χ1) is 16.4. The van der Waals surface area contributed by atoms with Gasteiger partial charge in [0.25, 0.3) is 0 Å². The molecule has 0 saturated carbocycles. The predicted molar refractivity (Wildman–Crippen MR) is 133 cm³/mol. The van der Waals surface area contributed by atoms with Crippen LogP contribution in [0.4, 0.5) is 0 Å². The minimum absolute atomic E-state index is 0.0155. The van der Waals surface area contributed by atoms with Crippen molar-refractivity contribution in [2.45, 2.75) is 75.1 Å². The van der Waals surface area contributed by atoms with Crippen molar-refractivity contribution < 1.29 is 19.5 Å². The zero-order valence-electron chi connectivity index (χ0n) is 20.3. The summed E-state index contributed by atoms with van der Waals surface area (Å²) in [6.07, 6.45) is 3.79. The van der Waals surface area contributed by atoms with Gasteiger partial charge in [0.2, 0.25) is 17.7 Å². The molecule has 3 amide bonds. The fraction of sp³-hybridized carbons (Fsp3) is 0.654. The number of hydrogen-bond donors (Lipinski definition) is 3. The number of amides is 3. The second-order valence-corrected chi connectivity index (χ2v) is 11.6. The topological polar surface area (TPSA) is 98.7 Å². The first-order valence-corrected chi connectivity index (χ1v) is 13.4. The lowest BCUT2D eigenvalue weighted by molar-refractivity contribution is -0.142. The Kier molecular flexibility index (Phi) is 7.57. The van der Waals surface area contributed by atoms with Crippen LogP contribution in [0.5, 0.6) is 0 Å². The van der Waals surface area contributed by atoms with Gasteiger partial charge in [-0.3, -0.25) is 14.4 Å². The Hall–Kier alpha value is -2.06. The third-order valence-electron chi connectivity index (χ3n) is 7.86. The number of benzene rings is 1. The minimum atomic E-state index is -0.675. The van der Waals surface area contributed by atoms with Crippen LogP contribution < -0.4 is 10.6 Å². The molecule has 2 bridgehead atoms. The molecule has 8 heteroatoms. The van der Waals surface area contributed by atoms with E-state index < -0.39 is 28.7 Å². The molecule has 3 fully saturated rings. The molecule has 0 aromatic heterocycles. The normalized spacial score (nSPS) is 32.5. The quantitative estimate of drug-likeness (QED) is 0.440. The van der Waals surface area contributed by atoms with E-state index in [1.54, 1.807) is 23.6 Å². The molecule has 3 N–H and O–H groups in total. The van der Waals surface area contributed by atoms with E-state index in [-0.39, 0.29) is 35.5 Å². The number of nitrogens with one attached hydrogen (secondary N) is 2. The lowest BCUT2D eigenvalue weighted by Crippen LogP contribution is -2.58.